The van der Waals surface area contributed by atoms with Gasteiger partial charge >= 0.3 is 0 Å². The minimum Gasteiger partial charge on any atom is -0.243 e. The molecule has 1 saturated heterocycles. The van der Waals surface area contributed by atoms with E-state index in [9.17, 15) is 12.8 Å². The van der Waals surface area contributed by atoms with E-state index in [1.807, 2.05) is 6.92 Å². The Morgan fingerprint density at radius 1 is 1.50 bits per heavy atom. The van der Waals surface area contributed by atoms with Crippen molar-refractivity contribution in [1.29, 1.82) is 0 Å². The summed E-state index contributed by atoms with van der Waals surface area (Å²) in [5, 5.41) is 0. The highest BCUT2D eigenvalue weighted by Gasteiger charge is 2.34. The molecule has 0 bridgehead atoms. The second-order valence-electron chi connectivity index (χ2n) is 4.11. The SMILES string of the molecule is CC1CCC(C)(F)CS(=O)(=O)C1. The highest BCUT2D eigenvalue weighted by Crippen LogP contribution is 2.28. The van der Waals surface area contributed by atoms with E-state index >= 15 is 0 Å². The van der Waals surface area contributed by atoms with E-state index in [1.54, 1.807) is 0 Å². The van der Waals surface area contributed by atoms with E-state index in [-0.39, 0.29) is 17.4 Å². The average molecular weight is 194 g/mol. The lowest BCUT2D eigenvalue weighted by Gasteiger charge is -2.15. The van der Waals surface area contributed by atoms with Gasteiger partial charge in [-0.2, -0.15) is 0 Å². The van der Waals surface area contributed by atoms with Crippen LogP contribution in [0.3, 0.4) is 0 Å². The highest BCUT2D eigenvalue weighted by atomic mass is 32.2. The van der Waals surface area contributed by atoms with Crippen LogP contribution in [0, 0.1) is 5.92 Å². The lowest BCUT2D eigenvalue weighted by molar-refractivity contribution is 0.198. The van der Waals surface area contributed by atoms with E-state index in [0.717, 1.165) is 0 Å². The molecule has 2 unspecified atom stereocenters. The normalized spacial score (nSPS) is 42.1. The van der Waals surface area contributed by atoms with Gasteiger partial charge in [0, 0.05) is 0 Å². The quantitative estimate of drug-likeness (QED) is 0.586. The lowest BCUT2D eigenvalue weighted by atomic mass is 9.99. The van der Waals surface area contributed by atoms with Gasteiger partial charge in [-0.25, -0.2) is 12.8 Å². The summed E-state index contributed by atoms with van der Waals surface area (Å²) in [7, 11) is -3.15. The molecular formula is C8H15FO2S. The maximum Gasteiger partial charge on any atom is 0.153 e. The second-order valence-corrected chi connectivity index (χ2v) is 6.22. The molecule has 0 radical (unpaired) electrons. The van der Waals surface area contributed by atoms with Crippen molar-refractivity contribution < 1.29 is 12.8 Å². The first-order chi connectivity index (χ1) is 5.31. The van der Waals surface area contributed by atoms with Gasteiger partial charge < -0.3 is 0 Å². The molecule has 0 amide bonds. The number of hydrogen-bond acceptors (Lipinski definition) is 2. The summed E-state index contributed by atoms with van der Waals surface area (Å²) in [5.74, 6) is -0.0517. The first-order valence-corrected chi connectivity index (χ1v) is 6.02. The first kappa shape index (κ1) is 9.96. The second kappa shape index (κ2) is 2.98. The Bertz CT molecular complexity index is 256. The number of sulfone groups is 1. The van der Waals surface area contributed by atoms with Gasteiger partial charge in [0.15, 0.2) is 9.84 Å². The van der Waals surface area contributed by atoms with Gasteiger partial charge in [-0.3, -0.25) is 0 Å². The molecule has 0 aromatic rings. The van der Waals surface area contributed by atoms with Crippen LogP contribution in [0.5, 0.6) is 0 Å². The molecule has 2 nitrogen and oxygen atoms in total. The summed E-state index contributed by atoms with van der Waals surface area (Å²) >= 11 is 0. The molecule has 0 saturated carbocycles. The fraction of sp³-hybridized carbons (Fsp3) is 1.00. The number of alkyl halides is 1. The summed E-state index contributed by atoms with van der Waals surface area (Å²) in [4.78, 5) is 0. The van der Waals surface area contributed by atoms with E-state index in [0.29, 0.717) is 12.8 Å². The zero-order chi connectivity index (χ0) is 9.41. The maximum absolute atomic E-state index is 13.4. The van der Waals surface area contributed by atoms with Gasteiger partial charge in [-0.05, 0) is 25.7 Å². The van der Waals surface area contributed by atoms with Crippen LogP contribution in [-0.4, -0.2) is 25.6 Å². The third-order valence-corrected chi connectivity index (χ3v) is 4.34. The zero-order valence-corrected chi connectivity index (χ0v) is 8.32. The Balaban J connectivity index is 2.84. The van der Waals surface area contributed by atoms with Crippen molar-refractivity contribution in [1.82, 2.24) is 0 Å². The van der Waals surface area contributed by atoms with Gasteiger partial charge in [0.2, 0.25) is 0 Å². The molecule has 1 aliphatic rings. The molecule has 0 aromatic carbocycles. The molecule has 0 aromatic heterocycles. The number of halogens is 1. The van der Waals surface area contributed by atoms with Crippen molar-refractivity contribution in [2.24, 2.45) is 5.92 Å². The van der Waals surface area contributed by atoms with Crippen molar-refractivity contribution in [3.05, 3.63) is 0 Å². The molecule has 1 aliphatic heterocycles. The Hall–Kier alpha value is -0.120. The van der Waals surface area contributed by atoms with Crippen LogP contribution in [0.2, 0.25) is 0 Å². The van der Waals surface area contributed by atoms with Gasteiger partial charge in [0.1, 0.15) is 5.67 Å². The van der Waals surface area contributed by atoms with Crippen LogP contribution in [0.1, 0.15) is 26.7 Å². The van der Waals surface area contributed by atoms with Crippen molar-refractivity contribution in [3.8, 4) is 0 Å². The molecule has 2 atom stereocenters. The molecular weight excluding hydrogens is 179 g/mol. The van der Waals surface area contributed by atoms with Crippen LogP contribution in [0.4, 0.5) is 4.39 Å². The molecule has 1 rings (SSSR count). The summed E-state index contributed by atoms with van der Waals surface area (Å²) < 4.78 is 35.9. The molecule has 4 heteroatoms. The Labute approximate surface area is 73.1 Å². The molecule has 1 fully saturated rings. The zero-order valence-electron chi connectivity index (χ0n) is 7.51. The van der Waals surface area contributed by atoms with Crippen LogP contribution in [-0.2, 0) is 9.84 Å². The largest absolute Gasteiger partial charge is 0.243 e. The standard InChI is InChI=1S/C8H15FO2S/c1-7-3-4-8(2,9)6-12(10,11)5-7/h7H,3-6H2,1-2H3. The van der Waals surface area contributed by atoms with E-state index in [4.69, 9.17) is 0 Å². The molecule has 72 valence electrons. The van der Waals surface area contributed by atoms with E-state index in [2.05, 4.69) is 0 Å². The monoisotopic (exact) mass is 194 g/mol. The molecule has 0 aliphatic carbocycles. The molecule has 0 spiro atoms. The summed E-state index contributed by atoms with van der Waals surface area (Å²) in [6.45, 7) is 3.24. The minimum absolute atomic E-state index is 0.104. The Morgan fingerprint density at radius 2 is 2.08 bits per heavy atom. The Morgan fingerprint density at radius 3 is 2.67 bits per heavy atom. The van der Waals surface area contributed by atoms with Gasteiger partial charge in [-0.15, -0.1) is 0 Å². The smallest absolute Gasteiger partial charge is 0.153 e. The fourth-order valence-corrected chi connectivity index (χ4v) is 3.87. The van der Waals surface area contributed by atoms with Crippen LogP contribution < -0.4 is 0 Å². The summed E-state index contributed by atoms with van der Waals surface area (Å²) in [5.41, 5.74) is -1.51. The van der Waals surface area contributed by atoms with Crippen LogP contribution >= 0.6 is 0 Å². The molecule has 0 N–H and O–H groups in total. The molecule has 12 heavy (non-hydrogen) atoms. The highest BCUT2D eigenvalue weighted by molar-refractivity contribution is 7.91. The average Bonchev–Trinajstić information content (AvgIpc) is 1.86. The van der Waals surface area contributed by atoms with Crippen LogP contribution in [0.25, 0.3) is 0 Å². The third kappa shape index (κ3) is 2.73. The van der Waals surface area contributed by atoms with Crippen molar-refractivity contribution in [2.45, 2.75) is 32.4 Å². The predicted octanol–water partition coefficient (Wildman–Crippen LogP) is 1.56. The number of rotatable bonds is 0. The van der Waals surface area contributed by atoms with Crippen molar-refractivity contribution in [2.75, 3.05) is 11.5 Å². The summed E-state index contributed by atoms with van der Waals surface area (Å²) in [6.07, 6.45) is 1.04. The van der Waals surface area contributed by atoms with Crippen LogP contribution in [0.15, 0.2) is 0 Å². The van der Waals surface area contributed by atoms with Gasteiger partial charge in [-0.1, -0.05) is 6.92 Å². The fourth-order valence-electron chi connectivity index (χ4n) is 1.65. The number of hydrogen-bond donors (Lipinski definition) is 0. The topological polar surface area (TPSA) is 34.1 Å². The third-order valence-electron chi connectivity index (χ3n) is 2.22. The predicted molar refractivity (Wildman–Crippen MR) is 46.6 cm³/mol. The van der Waals surface area contributed by atoms with E-state index in [1.165, 1.54) is 6.92 Å². The van der Waals surface area contributed by atoms with Gasteiger partial charge in [0.05, 0.1) is 11.5 Å². The van der Waals surface area contributed by atoms with Gasteiger partial charge in [0.25, 0.3) is 0 Å². The first-order valence-electron chi connectivity index (χ1n) is 4.20. The minimum atomic E-state index is -3.15. The van der Waals surface area contributed by atoms with Crippen molar-refractivity contribution >= 4 is 9.84 Å². The maximum atomic E-state index is 13.4. The molecule has 1 heterocycles. The Kier molecular flexibility index (Phi) is 2.47. The summed E-state index contributed by atoms with van der Waals surface area (Å²) in [6, 6.07) is 0. The van der Waals surface area contributed by atoms with E-state index < -0.39 is 15.5 Å². The van der Waals surface area contributed by atoms with Crippen molar-refractivity contribution in [3.63, 3.8) is 0 Å². The lowest BCUT2D eigenvalue weighted by Crippen LogP contribution is -2.27.